The number of carboxylic acids is 2. The maximum atomic E-state index is 9.77. The fourth-order valence-electron chi connectivity index (χ4n) is 0.941. The predicted molar refractivity (Wildman–Crippen MR) is 65.5 cm³/mol. The van der Waals surface area contributed by atoms with Gasteiger partial charge in [-0.2, -0.15) is 0 Å². The van der Waals surface area contributed by atoms with Crippen LogP contribution in [0.3, 0.4) is 0 Å². The van der Waals surface area contributed by atoms with E-state index in [0.717, 1.165) is 0 Å². The van der Waals surface area contributed by atoms with Crippen LogP contribution in [0.5, 0.6) is 0 Å². The fourth-order valence-corrected chi connectivity index (χ4v) is 0.941. The van der Waals surface area contributed by atoms with Crippen molar-refractivity contribution in [3.05, 3.63) is 0 Å². The molecule has 0 amide bonds. The molecular formula is C10H20O12. The molecule has 0 aromatic carbocycles. The lowest BCUT2D eigenvalue weighted by atomic mass is 10.0. The van der Waals surface area contributed by atoms with E-state index in [9.17, 15) is 9.59 Å². The second-order valence-electron chi connectivity index (χ2n) is 4.05. The zero-order chi connectivity index (χ0) is 18.0. The molecule has 22 heavy (non-hydrogen) atoms. The monoisotopic (exact) mass is 332 g/mol. The summed E-state index contributed by atoms with van der Waals surface area (Å²) in [5.74, 6) is -3.54. The van der Waals surface area contributed by atoms with Crippen LogP contribution in [0.1, 0.15) is 0 Å². The van der Waals surface area contributed by atoms with Crippen molar-refractivity contribution in [1.29, 1.82) is 0 Å². The second-order valence-corrected chi connectivity index (χ2v) is 4.05. The van der Waals surface area contributed by atoms with Gasteiger partial charge in [0.1, 0.15) is 24.4 Å². The van der Waals surface area contributed by atoms with Gasteiger partial charge in [0.05, 0.1) is 13.2 Å². The molecule has 0 aromatic heterocycles. The molecule has 0 rings (SSSR count). The minimum Gasteiger partial charge on any atom is -0.479 e. The van der Waals surface area contributed by atoms with Crippen molar-refractivity contribution in [1.82, 2.24) is 0 Å². The summed E-state index contributed by atoms with van der Waals surface area (Å²) in [5.41, 5.74) is 0. The number of aliphatic hydroxyl groups excluding tert-OH is 8. The number of hydrogen-bond acceptors (Lipinski definition) is 10. The molecule has 6 unspecified atom stereocenters. The zero-order valence-electron chi connectivity index (χ0n) is 11.2. The number of rotatable bonds is 8. The number of aliphatic carboxylic acids is 2. The van der Waals surface area contributed by atoms with Crippen LogP contribution in [0.15, 0.2) is 0 Å². The summed E-state index contributed by atoms with van der Waals surface area (Å²) >= 11 is 0. The van der Waals surface area contributed by atoms with E-state index in [0.29, 0.717) is 0 Å². The number of carboxylic acid groups (broad SMARTS) is 2. The van der Waals surface area contributed by atoms with Crippen molar-refractivity contribution < 1.29 is 60.7 Å². The first kappa shape index (κ1) is 22.9. The van der Waals surface area contributed by atoms with Crippen LogP contribution in [-0.2, 0) is 9.59 Å². The van der Waals surface area contributed by atoms with Crippen molar-refractivity contribution in [3.63, 3.8) is 0 Å². The molecule has 10 N–H and O–H groups in total. The van der Waals surface area contributed by atoms with Crippen LogP contribution < -0.4 is 0 Å². The molecule has 12 nitrogen and oxygen atoms in total. The van der Waals surface area contributed by atoms with Gasteiger partial charge in [0.25, 0.3) is 0 Å². The first-order valence-corrected chi connectivity index (χ1v) is 5.76. The minimum atomic E-state index is -2.27. The highest BCUT2D eigenvalue weighted by molar-refractivity contribution is 5.83. The summed E-state index contributed by atoms with van der Waals surface area (Å²) < 4.78 is 0. The zero-order valence-corrected chi connectivity index (χ0v) is 11.2. The highest BCUT2D eigenvalue weighted by atomic mass is 16.4. The van der Waals surface area contributed by atoms with E-state index in [1.165, 1.54) is 0 Å². The van der Waals surface area contributed by atoms with Crippen LogP contribution >= 0.6 is 0 Å². The molecule has 0 bridgehead atoms. The molecule has 0 fully saturated rings. The molecule has 0 aliphatic carbocycles. The normalized spacial score (nSPS) is 18.9. The third kappa shape index (κ3) is 8.16. The maximum absolute atomic E-state index is 9.77. The quantitative estimate of drug-likeness (QED) is 0.200. The van der Waals surface area contributed by atoms with E-state index in [1.54, 1.807) is 0 Å². The molecular weight excluding hydrogens is 312 g/mol. The molecule has 0 aliphatic heterocycles. The lowest BCUT2D eigenvalue weighted by molar-refractivity contribution is -0.165. The largest absolute Gasteiger partial charge is 0.479 e. The molecule has 132 valence electrons. The number of hydrogen-bond donors (Lipinski definition) is 10. The van der Waals surface area contributed by atoms with Crippen molar-refractivity contribution >= 4 is 11.9 Å². The van der Waals surface area contributed by atoms with Gasteiger partial charge < -0.3 is 51.1 Å². The van der Waals surface area contributed by atoms with E-state index in [1.807, 2.05) is 0 Å². The molecule has 0 aliphatic rings. The Morgan fingerprint density at radius 1 is 0.636 bits per heavy atom. The topological polar surface area (TPSA) is 236 Å². The molecule has 0 spiro atoms. The van der Waals surface area contributed by atoms with E-state index in [4.69, 9.17) is 51.1 Å². The van der Waals surface area contributed by atoms with Gasteiger partial charge in [-0.25, -0.2) is 9.59 Å². The lowest BCUT2D eigenvalue weighted by Gasteiger charge is -2.24. The molecule has 0 heterocycles. The fraction of sp³-hybridized carbons (Fsp3) is 0.800. The van der Waals surface area contributed by atoms with Gasteiger partial charge in [0.15, 0.2) is 12.2 Å². The SMILES string of the molecule is O=C(O)C(O)C(O)C(=O)O.OCC(O)C(O)C(O)C(O)CO. The third-order valence-corrected chi connectivity index (χ3v) is 2.32. The minimum absolute atomic E-state index is 0.726. The lowest BCUT2D eigenvalue weighted by Crippen LogP contribution is -2.46. The van der Waals surface area contributed by atoms with E-state index < -0.39 is 61.8 Å². The molecule has 0 radical (unpaired) electrons. The Kier molecular flexibility index (Phi) is 11.7. The average molecular weight is 332 g/mol. The first-order chi connectivity index (χ1) is 10.0. The molecule has 0 saturated heterocycles. The number of carbonyl (C=O) groups is 2. The molecule has 6 atom stereocenters. The average Bonchev–Trinajstić information content (AvgIpc) is 2.50. The second kappa shape index (κ2) is 11.2. The van der Waals surface area contributed by atoms with Gasteiger partial charge in [-0.3, -0.25) is 0 Å². The van der Waals surface area contributed by atoms with Gasteiger partial charge in [0, 0.05) is 0 Å². The van der Waals surface area contributed by atoms with Gasteiger partial charge in [-0.15, -0.1) is 0 Å². The third-order valence-electron chi connectivity index (χ3n) is 2.32. The Labute approximate surface area is 123 Å². The Hall–Kier alpha value is -1.38. The standard InChI is InChI=1S/C6H14O6.C4H6O6/c7-1-3(9)5(11)6(12)4(10)2-8;5-1(3(7)8)2(6)4(9)10/h3-12H,1-2H2;1-2,5-6H,(H,7,8)(H,9,10). The first-order valence-electron chi connectivity index (χ1n) is 5.76. The summed E-state index contributed by atoms with van der Waals surface area (Å²) in [6.07, 6.45) is -10.9. The van der Waals surface area contributed by atoms with E-state index >= 15 is 0 Å². The molecule has 12 heteroatoms. The Morgan fingerprint density at radius 2 is 0.864 bits per heavy atom. The van der Waals surface area contributed by atoms with E-state index in [2.05, 4.69) is 0 Å². The van der Waals surface area contributed by atoms with Gasteiger partial charge >= 0.3 is 11.9 Å². The van der Waals surface area contributed by atoms with Crippen molar-refractivity contribution in [2.24, 2.45) is 0 Å². The summed E-state index contributed by atoms with van der Waals surface area (Å²) in [6, 6.07) is 0. The van der Waals surface area contributed by atoms with Gasteiger partial charge in [0.2, 0.25) is 0 Å². The highest BCUT2D eigenvalue weighted by Gasteiger charge is 2.30. The molecule has 0 aromatic rings. The number of aliphatic hydroxyl groups is 8. The predicted octanol–water partition coefficient (Wildman–Crippen LogP) is -5.71. The van der Waals surface area contributed by atoms with Crippen molar-refractivity contribution in [2.45, 2.75) is 36.6 Å². The smallest absolute Gasteiger partial charge is 0.335 e. The molecule has 0 saturated carbocycles. The van der Waals surface area contributed by atoms with Crippen LogP contribution in [0.2, 0.25) is 0 Å². The van der Waals surface area contributed by atoms with Crippen molar-refractivity contribution in [3.8, 4) is 0 Å². The van der Waals surface area contributed by atoms with Gasteiger partial charge in [-0.05, 0) is 0 Å². The van der Waals surface area contributed by atoms with Crippen LogP contribution in [0.4, 0.5) is 0 Å². The Bertz CT molecular complexity index is 302. The maximum Gasteiger partial charge on any atom is 0.335 e. The Morgan fingerprint density at radius 3 is 1.00 bits per heavy atom. The summed E-state index contributed by atoms with van der Waals surface area (Å²) in [7, 11) is 0. The van der Waals surface area contributed by atoms with Gasteiger partial charge in [-0.1, -0.05) is 0 Å². The van der Waals surface area contributed by atoms with Crippen molar-refractivity contribution in [2.75, 3.05) is 13.2 Å². The van der Waals surface area contributed by atoms with Crippen LogP contribution in [-0.4, -0.2) is 113 Å². The Balaban J connectivity index is 0. The summed E-state index contributed by atoms with van der Waals surface area (Å²) in [4.78, 5) is 19.5. The summed E-state index contributed by atoms with van der Waals surface area (Å²) in [6.45, 7) is -1.45. The highest BCUT2D eigenvalue weighted by Crippen LogP contribution is 2.04. The van der Waals surface area contributed by atoms with Crippen LogP contribution in [0, 0.1) is 0 Å². The van der Waals surface area contributed by atoms with E-state index in [-0.39, 0.29) is 0 Å². The summed E-state index contributed by atoms with van der Waals surface area (Å²) in [5, 5.41) is 84.7. The van der Waals surface area contributed by atoms with Crippen LogP contribution in [0.25, 0.3) is 0 Å².